The molecule has 0 aromatic heterocycles. The van der Waals surface area contributed by atoms with Crippen LogP contribution in [0.5, 0.6) is 40.2 Å². The summed E-state index contributed by atoms with van der Waals surface area (Å²) < 4.78 is 38.2. The second kappa shape index (κ2) is 10.9. The van der Waals surface area contributed by atoms with E-state index < -0.39 is 5.97 Å². The summed E-state index contributed by atoms with van der Waals surface area (Å²) in [6, 6.07) is 13.0. The maximum absolute atomic E-state index is 12.9. The summed E-state index contributed by atoms with van der Waals surface area (Å²) in [4.78, 5) is 25.7. The lowest BCUT2D eigenvalue weighted by Gasteiger charge is -2.14. The van der Waals surface area contributed by atoms with Gasteiger partial charge in [-0.3, -0.25) is 4.79 Å². The van der Waals surface area contributed by atoms with Gasteiger partial charge in [-0.1, -0.05) is 6.07 Å². The number of carbonyl (C=O) groups is 2. The minimum atomic E-state index is -0.654. The molecule has 0 fully saturated rings. The van der Waals surface area contributed by atoms with E-state index in [-0.39, 0.29) is 28.6 Å². The van der Waals surface area contributed by atoms with Gasteiger partial charge in [0.15, 0.2) is 28.8 Å². The highest BCUT2D eigenvalue weighted by Crippen LogP contribution is 2.39. The fraction of sp³-hybridized carbons (Fsp3) is 0.214. The number of ketones is 1. The summed E-state index contributed by atoms with van der Waals surface area (Å²) in [5.41, 5.74) is 1.26. The highest BCUT2D eigenvalue weighted by Gasteiger charge is 2.28. The van der Waals surface area contributed by atoms with Gasteiger partial charge in [0.25, 0.3) is 0 Å². The molecule has 0 aliphatic carbocycles. The van der Waals surface area contributed by atoms with E-state index in [9.17, 15) is 9.59 Å². The molecule has 9 heteroatoms. The van der Waals surface area contributed by atoms with Crippen LogP contribution in [0.3, 0.4) is 0 Å². The van der Waals surface area contributed by atoms with Crippen molar-refractivity contribution in [1.29, 1.82) is 0 Å². The van der Waals surface area contributed by atoms with Crippen molar-refractivity contribution in [1.82, 2.24) is 0 Å². The number of rotatable bonds is 9. The lowest BCUT2D eigenvalue weighted by molar-refractivity contribution is 0.0728. The first-order chi connectivity index (χ1) is 17.9. The second-order valence-electron chi connectivity index (χ2n) is 7.74. The van der Waals surface area contributed by atoms with E-state index in [1.807, 2.05) is 6.92 Å². The summed E-state index contributed by atoms with van der Waals surface area (Å²) in [7, 11) is 5.84. The van der Waals surface area contributed by atoms with Gasteiger partial charge in [0.2, 0.25) is 11.5 Å². The van der Waals surface area contributed by atoms with E-state index in [0.29, 0.717) is 46.5 Å². The van der Waals surface area contributed by atoms with Crippen LogP contribution in [0.25, 0.3) is 6.08 Å². The molecule has 0 bridgehead atoms. The molecule has 3 aromatic rings. The van der Waals surface area contributed by atoms with E-state index in [1.165, 1.54) is 40.6 Å². The fourth-order valence-electron chi connectivity index (χ4n) is 3.79. The van der Waals surface area contributed by atoms with Crippen LogP contribution in [0.4, 0.5) is 0 Å². The predicted octanol–water partition coefficient (Wildman–Crippen LogP) is 4.96. The molecule has 0 N–H and O–H groups in total. The summed E-state index contributed by atoms with van der Waals surface area (Å²) >= 11 is 0. The van der Waals surface area contributed by atoms with Crippen LogP contribution in [0, 0.1) is 0 Å². The van der Waals surface area contributed by atoms with Crippen LogP contribution in [0.15, 0.2) is 54.3 Å². The molecule has 1 aliphatic heterocycles. The zero-order valence-corrected chi connectivity index (χ0v) is 21.1. The van der Waals surface area contributed by atoms with Gasteiger partial charge in [0, 0.05) is 6.07 Å². The third-order valence-corrected chi connectivity index (χ3v) is 5.54. The normalized spacial score (nSPS) is 13.0. The number of Topliss-reactive ketones (excluding diaryl/α,β-unsaturated/α-hetero) is 1. The second-order valence-corrected chi connectivity index (χ2v) is 7.74. The molecule has 4 rings (SSSR count). The number of benzene rings is 3. The molecule has 0 amide bonds. The average molecular weight is 507 g/mol. The molecule has 9 nitrogen and oxygen atoms in total. The summed E-state index contributed by atoms with van der Waals surface area (Å²) in [6.45, 7) is 2.38. The number of fused-ring (bicyclic) bond motifs is 1. The van der Waals surface area contributed by atoms with Gasteiger partial charge in [-0.05, 0) is 55.0 Å². The van der Waals surface area contributed by atoms with Gasteiger partial charge in [0.1, 0.15) is 11.5 Å². The topological polar surface area (TPSA) is 98.8 Å². The third-order valence-electron chi connectivity index (χ3n) is 5.54. The van der Waals surface area contributed by atoms with Gasteiger partial charge in [-0.2, -0.15) is 0 Å². The highest BCUT2D eigenvalue weighted by molar-refractivity contribution is 6.14. The Morgan fingerprint density at radius 1 is 0.838 bits per heavy atom. The molecule has 0 saturated heterocycles. The number of hydrogen-bond donors (Lipinski definition) is 0. The Morgan fingerprint density at radius 2 is 1.54 bits per heavy atom. The molecule has 0 atom stereocenters. The molecule has 37 heavy (non-hydrogen) atoms. The van der Waals surface area contributed by atoms with Gasteiger partial charge in [-0.25, -0.2) is 4.79 Å². The van der Waals surface area contributed by atoms with Gasteiger partial charge in [0.05, 0.1) is 46.2 Å². The summed E-state index contributed by atoms with van der Waals surface area (Å²) in [5, 5.41) is 0. The van der Waals surface area contributed by atoms with Crippen molar-refractivity contribution in [3.63, 3.8) is 0 Å². The number of ether oxygens (including phenoxy) is 7. The van der Waals surface area contributed by atoms with Crippen molar-refractivity contribution in [2.75, 3.05) is 35.0 Å². The standard InChI is InChI=1S/C28H26O9/c1-6-35-18-8-9-19-21(15-18)36-23(26(19)29)12-16-7-10-20(22(11-16)31-2)37-28(30)17-13-24(32-3)27(34-5)25(14-17)33-4/h7-15H,6H2,1-5H3/b23-12-. The Morgan fingerprint density at radius 3 is 2.16 bits per heavy atom. The lowest BCUT2D eigenvalue weighted by atomic mass is 10.1. The van der Waals surface area contributed by atoms with E-state index in [1.54, 1.807) is 42.5 Å². The molecule has 1 heterocycles. The summed E-state index contributed by atoms with van der Waals surface area (Å²) in [6.07, 6.45) is 1.59. The molecular formula is C28H26O9. The maximum atomic E-state index is 12.9. The lowest BCUT2D eigenvalue weighted by Crippen LogP contribution is -2.10. The molecular weight excluding hydrogens is 480 g/mol. The maximum Gasteiger partial charge on any atom is 0.343 e. The molecule has 1 aliphatic rings. The Balaban J connectivity index is 1.57. The highest BCUT2D eigenvalue weighted by atomic mass is 16.6. The van der Waals surface area contributed by atoms with E-state index in [0.717, 1.165) is 0 Å². The van der Waals surface area contributed by atoms with E-state index in [4.69, 9.17) is 33.2 Å². The van der Waals surface area contributed by atoms with Crippen molar-refractivity contribution >= 4 is 17.8 Å². The van der Waals surface area contributed by atoms with Gasteiger partial charge >= 0.3 is 5.97 Å². The van der Waals surface area contributed by atoms with E-state index in [2.05, 4.69) is 0 Å². The minimum Gasteiger partial charge on any atom is -0.494 e. The first kappa shape index (κ1) is 25.4. The predicted molar refractivity (Wildman–Crippen MR) is 135 cm³/mol. The molecule has 0 spiro atoms. The quantitative estimate of drug-likeness (QED) is 0.227. The van der Waals surface area contributed by atoms with Crippen molar-refractivity contribution < 1.29 is 42.7 Å². The Labute approximate surface area is 214 Å². The van der Waals surface area contributed by atoms with Crippen LogP contribution in [-0.4, -0.2) is 46.8 Å². The Bertz CT molecular complexity index is 1350. The monoisotopic (exact) mass is 506 g/mol. The molecule has 0 unspecified atom stereocenters. The van der Waals surface area contributed by atoms with Crippen molar-refractivity contribution in [3.05, 3.63) is 71.0 Å². The zero-order valence-electron chi connectivity index (χ0n) is 21.1. The van der Waals surface area contributed by atoms with Crippen LogP contribution in [0.1, 0.15) is 33.2 Å². The number of esters is 1. The van der Waals surface area contributed by atoms with E-state index >= 15 is 0 Å². The number of carbonyl (C=O) groups excluding carboxylic acids is 2. The van der Waals surface area contributed by atoms with Crippen LogP contribution >= 0.6 is 0 Å². The average Bonchev–Trinajstić information content (AvgIpc) is 3.22. The van der Waals surface area contributed by atoms with Crippen molar-refractivity contribution in [2.45, 2.75) is 6.92 Å². The number of methoxy groups -OCH3 is 4. The van der Waals surface area contributed by atoms with Crippen LogP contribution < -0.4 is 33.2 Å². The largest absolute Gasteiger partial charge is 0.494 e. The molecule has 0 saturated carbocycles. The third kappa shape index (κ3) is 5.16. The smallest absolute Gasteiger partial charge is 0.343 e. The van der Waals surface area contributed by atoms with Crippen molar-refractivity contribution in [3.8, 4) is 40.2 Å². The van der Waals surface area contributed by atoms with Gasteiger partial charge in [-0.15, -0.1) is 0 Å². The minimum absolute atomic E-state index is 0.160. The fourth-order valence-corrected chi connectivity index (χ4v) is 3.79. The summed E-state index contributed by atoms with van der Waals surface area (Å²) in [5.74, 6) is 1.79. The molecule has 192 valence electrons. The number of allylic oxidation sites excluding steroid dienone is 1. The molecule has 3 aromatic carbocycles. The van der Waals surface area contributed by atoms with Crippen LogP contribution in [0.2, 0.25) is 0 Å². The molecule has 0 radical (unpaired) electrons. The van der Waals surface area contributed by atoms with Gasteiger partial charge < -0.3 is 33.2 Å². The number of hydrogen-bond acceptors (Lipinski definition) is 9. The first-order valence-electron chi connectivity index (χ1n) is 11.3. The van der Waals surface area contributed by atoms with Crippen molar-refractivity contribution in [2.24, 2.45) is 0 Å². The zero-order chi connectivity index (χ0) is 26.5. The SMILES string of the molecule is CCOc1ccc2c(c1)O/C(=C\c1ccc(OC(=O)c3cc(OC)c(OC)c(OC)c3)c(OC)c1)C2=O. The Hall–Kier alpha value is -4.66. The first-order valence-corrected chi connectivity index (χ1v) is 11.3. The van der Waals surface area contributed by atoms with Crippen LogP contribution in [-0.2, 0) is 0 Å². The Kier molecular flexibility index (Phi) is 7.52.